The number of amides is 2. The molecule has 0 fully saturated rings. The predicted molar refractivity (Wildman–Crippen MR) is 93.2 cm³/mol. The molecule has 24 heavy (non-hydrogen) atoms. The van der Waals surface area contributed by atoms with Crippen molar-refractivity contribution < 1.29 is 9.59 Å². The molecule has 7 heteroatoms. The van der Waals surface area contributed by atoms with Crippen LogP contribution in [-0.2, 0) is 19.9 Å². The summed E-state index contributed by atoms with van der Waals surface area (Å²) in [7, 11) is 1.79. The van der Waals surface area contributed by atoms with Crippen LogP contribution in [0.5, 0.6) is 0 Å². The van der Waals surface area contributed by atoms with Crippen LogP contribution < -0.4 is 10.9 Å². The van der Waals surface area contributed by atoms with Crippen molar-refractivity contribution in [1.82, 2.24) is 20.6 Å². The van der Waals surface area contributed by atoms with Crippen LogP contribution in [0, 0.1) is 13.8 Å². The third kappa shape index (κ3) is 3.21. The maximum atomic E-state index is 12.3. The Kier molecular flexibility index (Phi) is 4.71. The number of fused-ring (bicyclic) bond motifs is 1. The Morgan fingerprint density at radius 3 is 2.54 bits per heavy atom. The van der Waals surface area contributed by atoms with Crippen molar-refractivity contribution in [3.05, 3.63) is 38.3 Å². The molecule has 0 unspecified atom stereocenters. The van der Waals surface area contributed by atoms with Gasteiger partial charge >= 0.3 is 0 Å². The van der Waals surface area contributed by atoms with Gasteiger partial charge in [0, 0.05) is 17.6 Å². The van der Waals surface area contributed by atoms with Gasteiger partial charge in [-0.15, -0.1) is 11.3 Å². The van der Waals surface area contributed by atoms with Crippen molar-refractivity contribution >= 4 is 23.2 Å². The first-order valence-corrected chi connectivity index (χ1v) is 9.01. The van der Waals surface area contributed by atoms with E-state index in [1.54, 1.807) is 18.7 Å². The lowest BCUT2D eigenvalue weighted by molar-refractivity contribution is 0.0848. The Morgan fingerprint density at radius 2 is 1.83 bits per heavy atom. The summed E-state index contributed by atoms with van der Waals surface area (Å²) in [6.45, 7) is 3.60. The van der Waals surface area contributed by atoms with Crippen LogP contribution in [0.1, 0.15) is 61.1 Å². The molecule has 6 nitrogen and oxygen atoms in total. The zero-order valence-electron chi connectivity index (χ0n) is 14.2. The molecule has 1 aliphatic rings. The Hall–Kier alpha value is -2.15. The Labute approximate surface area is 145 Å². The molecule has 0 atom stereocenters. The second-order valence-electron chi connectivity index (χ2n) is 6.20. The number of aromatic nitrogens is 2. The highest BCUT2D eigenvalue weighted by molar-refractivity contribution is 7.14. The van der Waals surface area contributed by atoms with E-state index in [4.69, 9.17) is 0 Å². The molecule has 0 spiro atoms. The summed E-state index contributed by atoms with van der Waals surface area (Å²) in [4.78, 5) is 26.6. The van der Waals surface area contributed by atoms with Crippen LogP contribution in [-0.4, -0.2) is 21.6 Å². The fourth-order valence-electron chi connectivity index (χ4n) is 3.12. The number of carbonyl (C=O) groups is 2. The number of hydrogen-bond donors (Lipinski definition) is 2. The Balaban J connectivity index is 1.66. The van der Waals surface area contributed by atoms with Crippen molar-refractivity contribution in [1.29, 1.82) is 0 Å². The summed E-state index contributed by atoms with van der Waals surface area (Å²) in [6, 6.07) is 1.97. The summed E-state index contributed by atoms with van der Waals surface area (Å²) >= 11 is 1.53. The van der Waals surface area contributed by atoms with Gasteiger partial charge in [0.2, 0.25) is 0 Å². The van der Waals surface area contributed by atoms with Crippen LogP contribution in [0.15, 0.2) is 6.07 Å². The van der Waals surface area contributed by atoms with Crippen LogP contribution >= 0.6 is 11.3 Å². The van der Waals surface area contributed by atoms with Gasteiger partial charge in [-0.25, -0.2) is 0 Å². The van der Waals surface area contributed by atoms with Crippen molar-refractivity contribution in [3.63, 3.8) is 0 Å². The van der Waals surface area contributed by atoms with E-state index in [2.05, 4.69) is 16.0 Å². The SMILES string of the molecule is Cc1nn(C)c(C)c1C(=O)NNC(=O)c1cc2c(s1)CCCCC2. The van der Waals surface area contributed by atoms with E-state index in [1.165, 1.54) is 41.0 Å². The van der Waals surface area contributed by atoms with Gasteiger partial charge in [-0.3, -0.25) is 25.1 Å². The largest absolute Gasteiger partial charge is 0.279 e. The minimum atomic E-state index is -0.343. The van der Waals surface area contributed by atoms with Gasteiger partial charge in [0.25, 0.3) is 11.8 Å². The molecule has 2 amide bonds. The van der Waals surface area contributed by atoms with Crippen LogP contribution in [0.4, 0.5) is 0 Å². The summed E-state index contributed by atoms with van der Waals surface area (Å²) in [5, 5.41) is 4.22. The molecule has 0 aromatic carbocycles. The number of nitrogens with zero attached hydrogens (tertiary/aromatic N) is 2. The third-order valence-corrected chi connectivity index (χ3v) is 5.73. The number of hydrazine groups is 1. The topological polar surface area (TPSA) is 76.0 Å². The quantitative estimate of drug-likeness (QED) is 0.648. The first-order chi connectivity index (χ1) is 11.5. The fraction of sp³-hybridized carbons (Fsp3) is 0.471. The molecule has 0 radical (unpaired) electrons. The molecule has 2 heterocycles. The standard InChI is InChI=1S/C17H22N4O2S/c1-10-15(11(2)21(3)20-10)17(23)19-18-16(22)14-9-12-7-5-4-6-8-13(12)24-14/h9H,4-8H2,1-3H3,(H,18,22)(H,19,23). The first kappa shape index (κ1) is 16.7. The minimum Gasteiger partial charge on any atom is -0.272 e. The number of nitrogens with one attached hydrogen (secondary N) is 2. The van der Waals surface area contributed by atoms with E-state index < -0.39 is 0 Å². The van der Waals surface area contributed by atoms with E-state index in [1.807, 2.05) is 13.0 Å². The molecule has 3 rings (SSSR count). The lowest BCUT2D eigenvalue weighted by atomic mass is 10.1. The number of hydrogen-bond acceptors (Lipinski definition) is 4. The van der Waals surface area contributed by atoms with E-state index in [0.29, 0.717) is 16.1 Å². The van der Waals surface area contributed by atoms with Gasteiger partial charge in [0.05, 0.1) is 16.1 Å². The van der Waals surface area contributed by atoms with Crippen LogP contribution in [0.2, 0.25) is 0 Å². The first-order valence-electron chi connectivity index (χ1n) is 8.20. The predicted octanol–water partition coefficient (Wildman–Crippen LogP) is 2.44. The average molecular weight is 346 g/mol. The normalized spacial score (nSPS) is 14.0. The highest BCUT2D eigenvalue weighted by atomic mass is 32.1. The number of thiophene rings is 1. The maximum Gasteiger partial charge on any atom is 0.279 e. The average Bonchev–Trinajstić information content (AvgIpc) is 2.97. The zero-order chi connectivity index (χ0) is 17.3. The molecule has 0 aliphatic heterocycles. The van der Waals surface area contributed by atoms with E-state index >= 15 is 0 Å². The van der Waals surface area contributed by atoms with Gasteiger partial charge < -0.3 is 0 Å². The van der Waals surface area contributed by atoms with Gasteiger partial charge in [0.15, 0.2) is 0 Å². The molecule has 0 saturated heterocycles. The van der Waals surface area contributed by atoms with Crippen molar-refractivity contribution in [3.8, 4) is 0 Å². The lowest BCUT2D eigenvalue weighted by Crippen LogP contribution is -2.41. The van der Waals surface area contributed by atoms with E-state index in [9.17, 15) is 9.59 Å². The Morgan fingerprint density at radius 1 is 1.12 bits per heavy atom. The number of rotatable bonds is 2. The van der Waals surface area contributed by atoms with Gasteiger partial charge in [-0.05, 0) is 51.2 Å². The number of carbonyl (C=O) groups excluding carboxylic acids is 2. The van der Waals surface area contributed by atoms with Crippen molar-refractivity contribution in [2.45, 2.75) is 46.0 Å². The molecule has 128 valence electrons. The minimum absolute atomic E-state index is 0.263. The highest BCUT2D eigenvalue weighted by Crippen LogP contribution is 2.28. The molecule has 2 aromatic heterocycles. The zero-order valence-corrected chi connectivity index (χ0v) is 15.0. The van der Waals surface area contributed by atoms with Crippen molar-refractivity contribution in [2.24, 2.45) is 7.05 Å². The van der Waals surface area contributed by atoms with Crippen LogP contribution in [0.25, 0.3) is 0 Å². The molecule has 2 aromatic rings. The number of aryl methyl sites for hydroxylation is 4. The lowest BCUT2D eigenvalue weighted by Gasteiger charge is -2.06. The summed E-state index contributed by atoms with van der Waals surface area (Å²) in [6.07, 6.45) is 5.71. The van der Waals surface area contributed by atoms with Gasteiger partial charge in [-0.2, -0.15) is 5.10 Å². The second kappa shape index (κ2) is 6.76. The van der Waals surface area contributed by atoms with Crippen molar-refractivity contribution in [2.75, 3.05) is 0 Å². The second-order valence-corrected chi connectivity index (χ2v) is 7.33. The smallest absolute Gasteiger partial charge is 0.272 e. The summed E-state index contributed by atoms with van der Waals surface area (Å²) in [5.74, 6) is -0.606. The van der Waals surface area contributed by atoms with Gasteiger partial charge in [-0.1, -0.05) is 6.42 Å². The molecule has 0 bridgehead atoms. The molecular weight excluding hydrogens is 324 g/mol. The maximum absolute atomic E-state index is 12.3. The summed E-state index contributed by atoms with van der Waals surface area (Å²) in [5.41, 5.74) is 8.21. The Bertz CT molecular complexity index is 767. The molecule has 1 aliphatic carbocycles. The van der Waals surface area contributed by atoms with E-state index in [0.717, 1.165) is 18.5 Å². The van der Waals surface area contributed by atoms with Gasteiger partial charge in [0.1, 0.15) is 0 Å². The monoisotopic (exact) mass is 346 g/mol. The molecule has 0 saturated carbocycles. The van der Waals surface area contributed by atoms with Crippen LogP contribution in [0.3, 0.4) is 0 Å². The molecular formula is C17H22N4O2S. The summed E-state index contributed by atoms with van der Waals surface area (Å²) < 4.78 is 1.66. The fourth-order valence-corrected chi connectivity index (χ4v) is 4.27. The molecule has 2 N–H and O–H groups in total. The van der Waals surface area contributed by atoms with E-state index in [-0.39, 0.29) is 11.8 Å². The highest BCUT2D eigenvalue weighted by Gasteiger charge is 2.20. The third-order valence-electron chi connectivity index (χ3n) is 4.50.